The third-order valence-electron chi connectivity index (χ3n) is 1.78. The van der Waals surface area contributed by atoms with Crippen molar-refractivity contribution in [2.45, 2.75) is 0 Å². The first-order chi connectivity index (χ1) is 6.92. The smallest absolute Gasteiger partial charge is 0.145 e. The van der Waals surface area contributed by atoms with Crippen molar-refractivity contribution in [1.29, 1.82) is 0 Å². The molecule has 2 aromatic rings. The number of methoxy groups -OCH3 is 1. The number of rotatable bonds is 2. The lowest BCUT2D eigenvalue weighted by Crippen LogP contribution is -1.91. The Bertz CT molecular complexity index is 417. The quantitative estimate of drug-likeness (QED) is 0.710. The van der Waals surface area contributed by atoms with Crippen LogP contribution in [0.3, 0.4) is 0 Å². The van der Waals surface area contributed by atoms with Gasteiger partial charge < -0.3 is 4.74 Å². The van der Waals surface area contributed by atoms with E-state index in [9.17, 15) is 0 Å². The number of aromatic nitrogens is 3. The highest BCUT2D eigenvalue weighted by Gasteiger charge is 2.05. The van der Waals surface area contributed by atoms with Crippen molar-refractivity contribution >= 4 is 0 Å². The molecule has 4 nitrogen and oxygen atoms in total. The molecule has 14 heavy (non-hydrogen) atoms. The van der Waals surface area contributed by atoms with Crippen molar-refractivity contribution in [3.8, 4) is 17.0 Å². The number of ether oxygens (including phenoxy) is 1. The molecule has 0 fully saturated rings. The molecule has 0 N–H and O–H groups in total. The first-order valence-corrected chi connectivity index (χ1v) is 4.10. The van der Waals surface area contributed by atoms with E-state index in [2.05, 4.69) is 21.4 Å². The fourth-order valence-corrected chi connectivity index (χ4v) is 1.15. The highest BCUT2D eigenvalue weighted by molar-refractivity contribution is 5.63. The second-order valence-electron chi connectivity index (χ2n) is 2.61. The van der Waals surface area contributed by atoms with E-state index in [0.29, 0.717) is 5.75 Å². The minimum atomic E-state index is 0.705. The Balaban J connectivity index is 2.51. The molecule has 0 atom stereocenters. The van der Waals surface area contributed by atoms with Gasteiger partial charge in [-0.1, -0.05) is 0 Å². The Labute approximate surface area is 81.6 Å². The molecule has 0 aromatic carbocycles. The van der Waals surface area contributed by atoms with Crippen LogP contribution in [0, 0.1) is 6.20 Å². The first-order valence-electron chi connectivity index (χ1n) is 4.10. The van der Waals surface area contributed by atoms with Crippen LogP contribution in [0.25, 0.3) is 11.3 Å². The molecule has 0 unspecified atom stereocenters. The fraction of sp³-hybridized carbons (Fsp3) is 0.100. The predicted octanol–water partition coefficient (Wildman–Crippen LogP) is 1.35. The van der Waals surface area contributed by atoms with E-state index < -0.39 is 0 Å². The molecule has 0 aliphatic heterocycles. The molecule has 2 heterocycles. The standard InChI is InChI=1S/C10H8N3O/c1-14-9-3-2-5-11-10(9)8-4-6-12-13-7-8/h2-6H,1H3. The molecule has 1 radical (unpaired) electrons. The molecule has 0 amide bonds. The molecular weight excluding hydrogens is 178 g/mol. The van der Waals surface area contributed by atoms with Crippen LogP contribution in [0.2, 0.25) is 0 Å². The van der Waals surface area contributed by atoms with Gasteiger partial charge in [-0.15, -0.1) is 5.10 Å². The predicted molar refractivity (Wildman–Crippen MR) is 50.7 cm³/mol. The molecule has 0 saturated carbocycles. The van der Waals surface area contributed by atoms with Crippen LogP contribution in [0.5, 0.6) is 5.75 Å². The summed E-state index contributed by atoms with van der Waals surface area (Å²) in [6.45, 7) is 0. The molecule has 0 saturated heterocycles. The molecule has 2 rings (SSSR count). The SMILES string of the molecule is COc1cccnc1-c1[c]nncc1. The zero-order valence-electron chi connectivity index (χ0n) is 7.64. The van der Waals surface area contributed by atoms with E-state index in [1.54, 1.807) is 25.6 Å². The van der Waals surface area contributed by atoms with Gasteiger partial charge in [-0.2, -0.15) is 5.10 Å². The van der Waals surface area contributed by atoms with Gasteiger partial charge in [0.2, 0.25) is 0 Å². The van der Waals surface area contributed by atoms with Crippen molar-refractivity contribution in [1.82, 2.24) is 15.2 Å². The molecule has 0 spiro atoms. The minimum Gasteiger partial charge on any atom is -0.494 e. The summed E-state index contributed by atoms with van der Waals surface area (Å²) in [6.07, 6.45) is 6.05. The lowest BCUT2D eigenvalue weighted by Gasteiger charge is -2.04. The number of pyridine rings is 1. The summed E-state index contributed by atoms with van der Waals surface area (Å²) in [4.78, 5) is 4.20. The largest absolute Gasteiger partial charge is 0.494 e. The topological polar surface area (TPSA) is 47.9 Å². The second-order valence-corrected chi connectivity index (χ2v) is 2.61. The maximum absolute atomic E-state index is 5.17. The Morgan fingerprint density at radius 2 is 2.21 bits per heavy atom. The molecule has 0 bridgehead atoms. The summed E-state index contributed by atoms with van der Waals surface area (Å²) in [7, 11) is 1.61. The molecule has 4 heteroatoms. The first kappa shape index (κ1) is 8.62. The summed E-state index contributed by atoms with van der Waals surface area (Å²) < 4.78 is 5.17. The second kappa shape index (κ2) is 3.83. The zero-order chi connectivity index (χ0) is 9.80. The van der Waals surface area contributed by atoms with Gasteiger partial charge in [-0.05, 0) is 18.2 Å². The van der Waals surface area contributed by atoms with Crippen LogP contribution in [0.15, 0.2) is 30.6 Å². The van der Waals surface area contributed by atoms with Gasteiger partial charge >= 0.3 is 0 Å². The maximum Gasteiger partial charge on any atom is 0.145 e. The average molecular weight is 186 g/mol. The highest BCUT2D eigenvalue weighted by atomic mass is 16.5. The number of hydrogen-bond donors (Lipinski definition) is 0. The van der Waals surface area contributed by atoms with E-state index in [-0.39, 0.29) is 0 Å². The normalized spacial score (nSPS) is 9.79. The van der Waals surface area contributed by atoms with Crippen LogP contribution in [0.4, 0.5) is 0 Å². The van der Waals surface area contributed by atoms with Crippen molar-refractivity contribution in [3.05, 3.63) is 36.8 Å². The third-order valence-corrected chi connectivity index (χ3v) is 1.78. The summed E-state index contributed by atoms with van der Waals surface area (Å²) in [5, 5.41) is 7.32. The minimum absolute atomic E-state index is 0.705. The van der Waals surface area contributed by atoms with E-state index >= 15 is 0 Å². The molecule has 0 aliphatic rings. The van der Waals surface area contributed by atoms with Crippen LogP contribution in [0.1, 0.15) is 0 Å². The number of nitrogens with zero attached hydrogens (tertiary/aromatic N) is 3. The molecular formula is C10H8N3O. The van der Waals surface area contributed by atoms with E-state index in [4.69, 9.17) is 4.74 Å². The van der Waals surface area contributed by atoms with Crippen LogP contribution in [-0.4, -0.2) is 22.3 Å². The van der Waals surface area contributed by atoms with Crippen molar-refractivity contribution in [2.24, 2.45) is 0 Å². The summed E-state index contributed by atoms with van der Waals surface area (Å²) in [6, 6.07) is 5.45. The van der Waals surface area contributed by atoms with Crippen molar-refractivity contribution in [2.75, 3.05) is 7.11 Å². The lowest BCUT2D eigenvalue weighted by atomic mass is 10.2. The van der Waals surface area contributed by atoms with Gasteiger partial charge in [0.05, 0.1) is 13.3 Å². The van der Waals surface area contributed by atoms with Gasteiger partial charge in [-0.25, -0.2) is 0 Å². The third kappa shape index (κ3) is 1.54. The van der Waals surface area contributed by atoms with Crippen LogP contribution in [-0.2, 0) is 0 Å². The van der Waals surface area contributed by atoms with Gasteiger partial charge in [0, 0.05) is 11.8 Å². The highest BCUT2D eigenvalue weighted by Crippen LogP contribution is 2.25. The fourth-order valence-electron chi connectivity index (χ4n) is 1.15. The molecule has 0 aliphatic carbocycles. The van der Waals surface area contributed by atoms with Gasteiger partial charge in [0.15, 0.2) is 0 Å². The van der Waals surface area contributed by atoms with Gasteiger partial charge in [-0.3, -0.25) is 4.98 Å². The Morgan fingerprint density at radius 1 is 1.29 bits per heavy atom. The Morgan fingerprint density at radius 3 is 2.93 bits per heavy atom. The Kier molecular flexibility index (Phi) is 2.36. The average Bonchev–Trinajstić information content (AvgIpc) is 2.30. The summed E-state index contributed by atoms with van der Waals surface area (Å²) in [5.74, 6) is 0.705. The summed E-state index contributed by atoms with van der Waals surface area (Å²) in [5.41, 5.74) is 1.50. The van der Waals surface area contributed by atoms with E-state index in [0.717, 1.165) is 11.3 Å². The van der Waals surface area contributed by atoms with Crippen molar-refractivity contribution in [3.63, 3.8) is 0 Å². The van der Waals surface area contributed by atoms with Crippen molar-refractivity contribution < 1.29 is 4.74 Å². The zero-order valence-corrected chi connectivity index (χ0v) is 7.64. The Hall–Kier alpha value is -1.97. The van der Waals surface area contributed by atoms with E-state index in [1.165, 1.54) is 0 Å². The molecule has 2 aromatic heterocycles. The van der Waals surface area contributed by atoms with Gasteiger partial charge in [0.25, 0.3) is 0 Å². The lowest BCUT2D eigenvalue weighted by molar-refractivity contribution is 0.415. The maximum atomic E-state index is 5.17. The van der Waals surface area contributed by atoms with Crippen LogP contribution >= 0.6 is 0 Å². The van der Waals surface area contributed by atoms with E-state index in [1.807, 2.05) is 12.1 Å². The van der Waals surface area contributed by atoms with Gasteiger partial charge in [0.1, 0.15) is 17.6 Å². The molecule has 69 valence electrons. The number of hydrogen-bond acceptors (Lipinski definition) is 4. The monoisotopic (exact) mass is 186 g/mol. The summed E-state index contributed by atoms with van der Waals surface area (Å²) >= 11 is 0. The van der Waals surface area contributed by atoms with Crippen LogP contribution < -0.4 is 4.74 Å².